The maximum absolute atomic E-state index is 2.30. The van der Waals surface area contributed by atoms with Gasteiger partial charge in [0.05, 0.1) is 27.2 Å². The highest BCUT2D eigenvalue weighted by molar-refractivity contribution is 4.78. The van der Waals surface area contributed by atoms with Crippen LogP contribution in [0.2, 0.25) is 0 Å². The molecule has 124 valence electrons. The van der Waals surface area contributed by atoms with E-state index in [2.05, 4.69) is 84.2 Å². The first-order valence-electron chi connectivity index (χ1n) is 8.60. The number of aromatic nitrogens is 4. The van der Waals surface area contributed by atoms with E-state index in [1.807, 2.05) is 0 Å². The van der Waals surface area contributed by atoms with E-state index in [0.29, 0.717) is 0 Å². The molecule has 0 unspecified atom stereocenters. The van der Waals surface area contributed by atoms with Gasteiger partial charge in [0.25, 0.3) is 5.82 Å². The first-order valence-corrected chi connectivity index (χ1v) is 8.60. The second-order valence-corrected chi connectivity index (χ2v) is 6.03. The average molecular weight is 306 g/mol. The lowest BCUT2D eigenvalue weighted by molar-refractivity contribution is -0.677. The van der Waals surface area contributed by atoms with Gasteiger partial charge in [0.15, 0.2) is 0 Å². The van der Waals surface area contributed by atoms with E-state index in [1.165, 1.54) is 37.9 Å². The van der Waals surface area contributed by atoms with E-state index in [4.69, 9.17) is 0 Å². The lowest BCUT2D eigenvalue weighted by Gasteiger charge is -1.95. The van der Waals surface area contributed by atoms with Crippen LogP contribution in [-0.4, -0.2) is 9.13 Å². The van der Waals surface area contributed by atoms with Crippen LogP contribution < -0.4 is 9.13 Å². The number of imidazole rings is 2. The van der Waals surface area contributed by atoms with Crippen LogP contribution in [0.5, 0.6) is 0 Å². The maximum atomic E-state index is 2.30. The van der Waals surface area contributed by atoms with Crippen molar-refractivity contribution in [2.75, 3.05) is 0 Å². The summed E-state index contributed by atoms with van der Waals surface area (Å²) in [5.41, 5.74) is 0. The Labute approximate surface area is 136 Å². The Balaban J connectivity index is 0.000000220. The summed E-state index contributed by atoms with van der Waals surface area (Å²) in [6.45, 7) is 8.92. The standard InChI is InChI=1S/2C9H17N2/c1-4-5-6-11-8-7-10(3)9(11)2;1-3-4-5-6-11-8-7-10(2)9-11/h7-8H,4-6H2,1-3H3;7-9H,3-6H2,1-2H3/q2*+1. The Hall–Kier alpha value is -1.58. The second-order valence-electron chi connectivity index (χ2n) is 6.03. The Morgan fingerprint density at radius 3 is 2.14 bits per heavy atom. The normalized spacial score (nSPS) is 10.4. The third-order valence-electron chi connectivity index (χ3n) is 3.99. The smallest absolute Gasteiger partial charge is 0.240 e. The van der Waals surface area contributed by atoms with E-state index in [9.17, 15) is 0 Å². The summed E-state index contributed by atoms with van der Waals surface area (Å²) in [6, 6.07) is 0. The fraction of sp³-hybridized carbons (Fsp3) is 0.667. The molecule has 0 aromatic carbocycles. The number of aryl methyl sites for hydroxylation is 4. The molecule has 2 heterocycles. The number of hydrogen-bond donors (Lipinski definition) is 0. The minimum absolute atomic E-state index is 1.16. The van der Waals surface area contributed by atoms with Crippen LogP contribution in [0, 0.1) is 6.92 Å². The van der Waals surface area contributed by atoms with Crippen molar-refractivity contribution >= 4 is 0 Å². The lowest BCUT2D eigenvalue weighted by Crippen LogP contribution is -2.29. The molecule has 0 aliphatic rings. The fourth-order valence-electron chi connectivity index (χ4n) is 2.34. The number of rotatable bonds is 7. The quantitative estimate of drug-likeness (QED) is 0.553. The summed E-state index contributed by atoms with van der Waals surface area (Å²) in [7, 11) is 4.13. The second kappa shape index (κ2) is 10.2. The van der Waals surface area contributed by atoms with Gasteiger partial charge < -0.3 is 0 Å². The van der Waals surface area contributed by atoms with E-state index in [1.54, 1.807) is 0 Å². The molecule has 0 spiro atoms. The summed E-state index contributed by atoms with van der Waals surface area (Å²) >= 11 is 0. The molecule has 0 radical (unpaired) electrons. The zero-order valence-corrected chi connectivity index (χ0v) is 15.1. The predicted molar refractivity (Wildman–Crippen MR) is 90.4 cm³/mol. The molecule has 0 saturated carbocycles. The summed E-state index contributed by atoms with van der Waals surface area (Å²) in [5, 5.41) is 0. The van der Waals surface area contributed by atoms with E-state index >= 15 is 0 Å². The molecule has 0 bridgehead atoms. The molecule has 2 rings (SSSR count). The molecule has 0 aliphatic carbocycles. The molecular formula is C18H34N4+2. The van der Waals surface area contributed by atoms with Crippen LogP contribution in [0.25, 0.3) is 0 Å². The van der Waals surface area contributed by atoms with Crippen molar-refractivity contribution in [3.05, 3.63) is 36.9 Å². The monoisotopic (exact) mass is 306 g/mol. The molecule has 0 aliphatic heterocycles. The van der Waals surface area contributed by atoms with Gasteiger partial charge in [0.1, 0.15) is 24.8 Å². The van der Waals surface area contributed by atoms with Crippen molar-refractivity contribution in [1.82, 2.24) is 9.13 Å². The zero-order chi connectivity index (χ0) is 16.4. The lowest BCUT2D eigenvalue weighted by atomic mass is 10.2. The van der Waals surface area contributed by atoms with Crippen molar-refractivity contribution in [3.8, 4) is 0 Å². The van der Waals surface area contributed by atoms with Crippen molar-refractivity contribution < 1.29 is 9.13 Å². The highest BCUT2D eigenvalue weighted by Gasteiger charge is 2.06. The van der Waals surface area contributed by atoms with Gasteiger partial charge in [-0.2, -0.15) is 0 Å². The number of unbranched alkanes of at least 4 members (excludes halogenated alkanes) is 3. The minimum atomic E-state index is 1.16. The third-order valence-corrected chi connectivity index (χ3v) is 3.99. The fourth-order valence-corrected chi connectivity index (χ4v) is 2.34. The van der Waals surface area contributed by atoms with Gasteiger partial charge in [0, 0.05) is 6.92 Å². The average Bonchev–Trinajstić information content (AvgIpc) is 3.06. The molecular weight excluding hydrogens is 272 g/mol. The van der Waals surface area contributed by atoms with Crippen LogP contribution >= 0.6 is 0 Å². The first-order chi connectivity index (χ1) is 10.6. The largest absolute Gasteiger partial charge is 0.253 e. The van der Waals surface area contributed by atoms with Crippen molar-refractivity contribution in [3.63, 3.8) is 0 Å². The Bertz CT molecular complexity index is 525. The summed E-state index contributed by atoms with van der Waals surface area (Å²) in [5.74, 6) is 1.33. The zero-order valence-electron chi connectivity index (χ0n) is 15.1. The molecule has 0 fully saturated rings. The van der Waals surface area contributed by atoms with E-state index in [-0.39, 0.29) is 0 Å². The molecule has 0 amide bonds. The Morgan fingerprint density at radius 1 is 0.909 bits per heavy atom. The van der Waals surface area contributed by atoms with Gasteiger partial charge in [-0.05, 0) is 19.3 Å². The SMILES string of the molecule is CCCCCn1cc[n+](C)c1.CCCCn1cc[n+](C)c1C. The highest BCUT2D eigenvalue weighted by atomic mass is 15.1. The van der Waals surface area contributed by atoms with Gasteiger partial charge in [-0.15, -0.1) is 0 Å². The molecule has 0 N–H and O–H groups in total. The van der Waals surface area contributed by atoms with Crippen LogP contribution in [-0.2, 0) is 27.2 Å². The molecule has 2 aromatic heterocycles. The van der Waals surface area contributed by atoms with Gasteiger partial charge in [-0.1, -0.05) is 26.7 Å². The molecule has 22 heavy (non-hydrogen) atoms. The van der Waals surface area contributed by atoms with Crippen LogP contribution in [0.4, 0.5) is 0 Å². The van der Waals surface area contributed by atoms with Crippen molar-refractivity contribution in [1.29, 1.82) is 0 Å². The Kier molecular flexibility index (Phi) is 8.56. The van der Waals surface area contributed by atoms with Crippen LogP contribution in [0.15, 0.2) is 31.1 Å². The topological polar surface area (TPSA) is 17.6 Å². The van der Waals surface area contributed by atoms with Crippen molar-refractivity contribution in [2.24, 2.45) is 14.1 Å². The van der Waals surface area contributed by atoms with Crippen molar-refractivity contribution in [2.45, 2.75) is 66.0 Å². The summed E-state index contributed by atoms with van der Waals surface area (Å²) in [6.07, 6.45) is 17.0. The maximum Gasteiger partial charge on any atom is 0.253 e. The van der Waals surface area contributed by atoms with Crippen LogP contribution in [0.1, 0.15) is 51.8 Å². The summed E-state index contributed by atoms with van der Waals surface area (Å²) < 4.78 is 8.75. The first kappa shape index (κ1) is 18.5. The minimum Gasteiger partial charge on any atom is -0.240 e. The van der Waals surface area contributed by atoms with E-state index in [0.717, 1.165) is 13.1 Å². The number of nitrogens with zero attached hydrogens (tertiary/aromatic N) is 4. The molecule has 2 aromatic rings. The predicted octanol–water partition coefficient (Wildman–Crippen LogP) is 2.92. The van der Waals surface area contributed by atoms with Gasteiger partial charge in [-0.3, -0.25) is 0 Å². The molecule has 0 atom stereocenters. The molecule has 0 saturated heterocycles. The molecule has 4 heteroatoms. The molecule has 4 nitrogen and oxygen atoms in total. The van der Waals surface area contributed by atoms with Gasteiger partial charge in [-0.25, -0.2) is 18.3 Å². The number of hydrogen-bond acceptors (Lipinski definition) is 0. The van der Waals surface area contributed by atoms with E-state index < -0.39 is 0 Å². The van der Waals surface area contributed by atoms with Crippen LogP contribution in [0.3, 0.4) is 0 Å². The van der Waals surface area contributed by atoms with Gasteiger partial charge >= 0.3 is 0 Å². The summed E-state index contributed by atoms with van der Waals surface area (Å²) in [4.78, 5) is 0. The third kappa shape index (κ3) is 6.46. The highest BCUT2D eigenvalue weighted by Crippen LogP contribution is 1.97. The van der Waals surface area contributed by atoms with Gasteiger partial charge in [0.2, 0.25) is 6.33 Å². The Morgan fingerprint density at radius 2 is 1.64 bits per heavy atom.